The molecule has 5 nitrogen and oxygen atoms in total. The number of aliphatic hydroxyl groups is 1. The maximum Gasteiger partial charge on any atom is 0.194 e. The van der Waals surface area contributed by atoms with Gasteiger partial charge in [0.2, 0.25) is 0 Å². The van der Waals surface area contributed by atoms with E-state index in [9.17, 15) is 18.3 Å². The zero-order chi connectivity index (χ0) is 27.3. The van der Waals surface area contributed by atoms with Crippen molar-refractivity contribution in [1.29, 1.82) is 0 Å². The zero-order valence-corrected chi connectivity index (χ0v) is 22.6. The number of benzene rings is 2. The SMILES string of the molecule is COc1ccc2ncc(N(C)C)c(CCCC3(CO)CCN(CCCc4cc(F)c(F)c(F)c4)CC3)c2c1. The quantitative estimate of drug-likeness (QED) is 0.320. The molecule has 38 heavy (non-hydrogen) atoms. The van der Waals surface area contributed by atoms with E-state index in [0.29, 0.717) is 12.0 Å². The molecule has 3 aromatic rings. The Labute approximate surface area is 223 Å². The van der Waals surface area contributed by atoms with Crippen molar-refractivity contribution in [3.05, 3.63) is 65.1 Å². The number of pyridine rings is 1. The summed E-state index contributed by atoms with van der Waals surface area (Å²) in [4.78, 5) is 9.07. The van der Waals surface area contributed by atoms with Gasteiger partial charge in [-0.15, -0.1) is 0 Å². The normalized spacial score (nSPS) is 15.7. The Bertz CT molecular complexity index is 1220. The number of ether oxygens (including phenoxy) is 1. The Kier molecular flexibility index (Phi) is 9.15. The minimum atomic E-state index is -1.42. The number of halogens is 3. The molecule has 0 atom stereocenters. The molecule has 1 aromatic heterocycles. The maximum atomic E-state index is 13.5. The van der Waals surface area contributed by atoms with Gasteiger partial charge in [-0.1, -0.05) is 0 Å². The van der Waals surface area contributed by atoms with Crippen molar-refractivity contribution >= 4 is 16.6 Å². The van der Waals surface area contributed by atoms with Crippen LogP contribution in [0.4, 0.5) is 18.9 Å². The van der Waals surface area contributed by atoms with Gasteiger partial charge in [-0.25, -0.2) is 13.2 Å². The van der Waals surface area contributed by atoms with E-state index in [1.165, 1.54) is 5.56 Å². The molecule has 0 aliphatic carbocycles. The molecule has 0 spiro atoms. The minimum Gasteiger partial charge on any atom is -0.497 e. The van der Waals surface area contributed by atoms with Crippen LogP contribution in [-0.2, 0) is 12.8 Å². The highest BCUT2D eigenvalue weighted by molar-refractivity contribution is 5.88. The van der Waals surface area contributed by atoms with Gasteiger partial charge in [-0.05, 0) is 111 Å². The Morgan fingerprint density at radius 2 is 1.74 bits per heavy atom. The fraction of sp³-hybridized carbons (Fsp3) is 0.500. The van der Waals surface area contributed by atoms with Crippen molar-refractivity contribution < 1.29 is 23.0 Å². The molecule has 0 amide bonds. The predicted molar refractivity (Wildman–Crippen MR) is 145 cm³/mol. The van der Waals surface area contributed by atoms with E-state index in [1.54, 1.807) is 7.11 Å². The largest absolute Gasteiger partial charge is 0.497 e. The summed E-state index contributed by atoms with van der Waals surface area (Å²) < 4.78 is 45.6. The Hall–Kier alpha value is -2.84. The molecule has 1 fully saturated rings. The van der Waals surface area contributed by atoms with Gasteiger partial charge in [-0.2, -0.15) is 0 Å². The highest BCUT2D eigenvalue weighted by atomic mass is 19.2. The first-order valence-corrected chi connectivity index (χ1v) is 13.3. The summed E-state index contributed by atoms with van der Waals surface area (Å²) in [5.74, 6) is -2.88. The van der Waals surface area contributed by atoms with E-state index in [0.717, 1.165) is 92.6 Å². The summed E-state index contributed by atoms with van der Waals surface area (Å²) in [6.45, 7) is 2.73. The molecule has 0 bridgehead atoms. The molecule has 2 aromatic carbocycles. The van der Waals surface area contributed by atoms with Gasteiger partial charge >= 0.3 is 0 Å². The van der Waals surface area contributed by atoms with Crippen LogP contribution in [0.3, 0.4) is 0 Å². The Morgan fingerprint density at radius 1 is 1.03 bits per heavy atom. The van der Waals surface area contributed by atoms with Gasteiger partial charge in [0.15, 0.2) is 17.5 Å². The molecule has 2 heterocycles. The van der Waals surface area contributed by atoms with E-state index in [4.69, 9.17) is 4.74 Å². The first kappa shape index (κ1) is 28.2. The number of likely N-dealkylation sites (tertiary alicyclic amines) is 1. The van der Waals surface area contributed by atoms with E-state index >= 15 is 0 Å². The summed E-state index contributed by atoms with van der Waals surface area (Å²) in [5.41, 5.74) is 3.67. The Balaban J connectivity index is 1.33. The predicted octanol–water partition coefficient (Wildman–Crippen LogP) is 5.76. The highest BCUT2D eigenvalue weighted by Gasteiger charge is 2.33. The van der Waals surface area contributed by atoms with Gasteiger partial charge in [0.05, 0.1) is 24.5 Å². The van der Waals surface area contributed by atoms with Gasteiger partial charge in [0.1, 0.15) is 5.75 Å². The summed E-state index contributed by atoms with van der Waals surface area (Å²) in [5, 5.41) is 11.5. The van der Waals surface area contributed by atoms with Crippen LogP contribution < -0.4 is 9.64 Å². The average molecular weight is 530 g/mol. The molecule has 1 aliphatic heterocycles. The van der Waals surface area contributed by atoms with Crippen molar-refractivity contribution in [2.75, 3.05) is 52.3 Å². The lowest BCUT2D eigenvalue weighted by Crippen LogP contribution is -2.42. The third-order valence-corrected chi connectivity index (χ3v) is 8.02. The van der Waals surface area contributed by atoms with E-state index in [1.807, 2.05) is 32.4 Å². The van der Waals surface area contributed by atoms with Crippen LogP contribution in [-0.4, -0.2) is 62.4 Å². The standard InChI is InChI=1S/C30H38F3N3O2/c1-35(2)28-19-34-27-9-8-22(38-3)18-24(27)23(28)7-4-10-30(20-37)11-14-36(15-12-30)13-5-6-21-16-25(31)29(33)26(32)17-21/h8-9,16-19,37H,4-7,10-15,20H2,1-3H3. The van der Waals surface area contributed by atoms with Gasteiger partial charge in [0, 0.05) is 26.1 Å². The lowest BCUT2D eigenvalue weighted by atomic mass is 9.75. The molecular formula is C30H38F3N3O2. The number of hydrogen-bond acceptors (Lipinski definition) is 5. The Morgan fingerprint density at radius 3 is 2.37 bits per heavy atom. The zero-order valence-electron chi connectivity index (χ0n) is 22.6. The molecule has 0 unspecified atom stereocenters. The summed E-state index contributed by atoms with van der Waals surface area (Å²) in [6, 6.07) is 8.13. The number of aryl methyl sites for hydroxylation is 2. The van der Waals surface area contributed by atoms with E-state index < -0.39 is 17.5 Å². The summed E-state index contributed by atoms with van der Waals surface area (Å²) >= 11 is 0. The van der Waals surface area contributed by atoms with E-state index in [2.05, 4.69) is 20.9 Å². The number of fused-ring (bicyclic) bond motifs is 1. The second kappa shape index (κ2) is 12.3. The number of hydrogen-bond donors (Lipinski definition) is 1. The minimum absolute atomic E-state index is 0.0987. The highest BCUT2D eigenvalue weighted by Crippen LogP contribution is 2.38. The monoisotopic (exact) mass is 529 g/mol. The smallest absolute Gasteiger partial charge is 0.194 e. The van der Waals surface area contributed by atoms with Crippen LogP contribution in [0, 0.1) is 22.9 Å². The number of nitrogens with zero attached hydrogens (tertiary/aromatic N) is 3. The van der Waals surface area contributed by atoms with Crippen LogP contribution in [0.5, 0.6) is 5.75 Å². The lowest BCUT2D eigenvalue weighted by molar-refractivity contribution is 0.0353. The van der Waals surface area contributed by atoms with Gasteiger partial charge < -0.3 is 19.6 Å². The van der Waals surface area contributed by atoms with Crippen molar-refractivity contribution in [2.45, 2.75) is 44.9 Å². The van der Waals surface area contributed by atoms with Crippen LogP contribution in [0.2, 0.25) is 0 Å². The molecule has 8 heteroatoms. The topological polar surface area (TPSA) is 48.8 Å². The molecule has 4 rings (SSSR count). The van der Waals surface area contributed by atoms with Crippen molar-refractivity contribution in [1.82, 2.24) is 9.88 Å². The third kappa shape index (κ3) is 6.41. The molecular weight excluding hydrogens is 491 g/mol. The van der Waals surface area contributed by atoms with Crippen LogP contribution >= 0.6 is 0 Å². The fourth-order valence-corrected chi connectivity index (χ4v) is 5.63. The third-order valence-electron chi connectivity index (χ3n) is 8.02. The summed E-state index contributed by atoms with van der Waals surface area (Å²) in [6.07, 6.45) is 7.77. The number of anilines is 1. The fourth-order valence-electron chi connectivity index (χ4n) is 5.63. The lowest BCUT2D eigenvalue weighted by Gasteiger charge is -2.41. The summed E-state index contributed by atoms with van der Waals surface area (Å²) in [7, 11) is 5.73. The number of aliphatic hydroxyl groups excluding tert-OH is 1. The molecule has 206 valence electrons. The van der Waals surface area contributed by atoms with Crippen LogP contribution in [0.25, 0.3) is 10.9 Å². The van der Waals surface area contributed by atoms with Crippen molar-refractivity contribution in [3.63, 3.8) is 0 Å². The maximum absolute atomic E-state index is 13.5. The van der Waals surface area contributed by atoms with Gasteiger partial charge in [-0.3, -0.25) is 4.98 Å². The number of rotatable bonds is 11. The van der Waals surface area contributed by atoms with Gasteiger partial charge in [0.25, 0.3) is 0 Å². The average Bonchev–Trinajstić information content (AvgIpc) is 2.92. The molecule has 0 saturated carbocycles. The first-order chi connectivity index (χ1) is 18.2. The van der Waals surface area contributed by atoms with Crippen molar-refractivity contribution in [3.8, 4) is 5.75 Å². The number of aromatic nitrogens is 1. The second-order valence-electron chi connectivity index (χ2n) is 10.7. The number of methoxy groups -OCH3 is 1. The van der Waals surface area contributed by atoms with Crippen molar-refractivity contribution in [2.24, 2.45) is 5.41 Å². The molecule has 1 aliphatic rings. The number of piperidine rings is 1. The van der Waals surface area contributed by atoms with E-state index in [-0.39, 0.29) is 12.0 Å². The second-order valence-corrected chi connectivity index (χ2v) is 10.7. The van der Waals surface area contributed by atoms with Crippen LogP contribution in [0.1, 0.15) is 43.2 Å². The molecule has 1 saturated heterocycles. The molecule has 1 N–H and O–H groups in total. The van der Waals surface area contributed by atoms with Crippen LogP contribution in [0.15, 0.2) is 36.5 Å². The first-order valence-electron chi connectivity index (χ1n) is 13.3. The molecule has 0 radical (unpaired) electrons.